The fourth-order valence-electron chi connectivity index (χ4n) is 2.68. The summed E-state index contributed by atoms with van der Waals surface area (Å²) in [6.45, 7) is 4.28. The molecular weight excluding hydrogens is 226 g/mol. The number of rotatable bonds is 5. The van der Waals surface area contributed by atoms with Gasteiger partial charge in [-0.15, -0.1) is 0 Å². The minimum atomic E-state index is 0.351. The molecule has 0 atom stereocenters. The zero-order valence-electron chi connectivity index (χ0n) is 12.1. The van der Waals surface area contributed by atoms with Gasteiger partial charge in [0, 0.05) is 32.1 Å². The number of likely N-dealkylation sites (tertiary alicyclic amines) is 1. The number of piperidine rings is 1. The number of likely N-dealkylation sites (N-methyl/N-ethyl adjacent to an activating group) is 2. The number of hydrogen-bond donors (Lipinski definition) is 0. The van der Waals surface area contributed by atoms with Gasteiger partial charge in [0.25, 0.3) is 0 Å². The van der Waals surface area contributed by atoms with Crippen LogP contribution in [0.5, 0.6) is 0 Å². The molecule has 4 nitrogen and oxygen atoms in total. The molecule has 0 unspecified atom stereocenters. The Morgan fingerprint density at radius 1 is 1.11 bits per heavy atom. The lowest BCUT2D eigenvalue weighted by atomic mass is 10.0. The van der Waals surface area contributed by atoms with Crippen LogP contribution in [0.2, 0.25) is 0 Å². The van der Waals surface area contributed by atoms with Crippen LogP contribution in [0.25, 0.3) is 0 Å². The van der Waals surface area contributed by atoms with Gasteiger partial charge in [-0.2, -0.15) is 0 Å². The van der Waals surface area contributed by atoms with Crippen molar-refractivity contribution in [2.75, 3.05) is 47.3 Å². The van der Waals surface area contributed by atoms with E-state index in [4.69, 9.17) is 0 Å². The maximum atomic E-state index is 11.8. The number of carbonyl (C=O) groups excluding carboxylic acids is 1. The summed E-state index contributed by atoms with van der Waals surface area (Å²) in [7, 11) is 6.34. The molecule has 2 fully saturated rings. The van der Waals surface area contributed by atoms with Crippen molar-refractivity contribution in [3.05, 3.63) is 0 Å². The first-order chi connectivity index (χ1) is 8.58. The van der Waals surface area contributed by atoms with Crippen LogP contribution in [0.4, 0.5) is 0 Å². The van der Waals surface area contributed by atoms with Gasteiger partial charge >= 0.3 is 0 Å². The largest absolute Gasteiger partial charge is 0.344 e. The molecule has 0 aromatic carbocycles. The summed E-state index contributed by atoms with van der Waals surface area (Å²) in [4.78, 5) is 18.6. The van der Waals surface area contributed by atoms with E-state index in [0.29, 0.717) is 17.9 Å². The Morgan fingerprint density at radius 3 is 2.28 bits per heavy atom. The number of hydrogen-bond acceptors (Lipinski definition) is 3. The van der Waals surface area contributed by atoms with E-state index in [9.17, 15) is 4.79 Å². The monoisotopic (exact) mass is 253 g/mol. The molecule has 1 heterocycles. The summed E-state index contributed by atoms with van der Waals surface area (Å²) >= 11 is 0. The molecule has 18 heavy (non-hydrogen) atoms. The maximum absolute atomic E-state index is 11.8. The van der Waals surface area contributed by atoms with Gasteiger partial charge in [-0.1, -0.05) is 0 Å². The molecule has 104 valence electrons. The minimum absolute atomic E-state index is 0.351. The molecule has 0 aromatic heterocycles. The lowest BCUT2D eigenvalue weighted by Gasteiger charge is -2.35. The second-order valence-electron chi connectivity index (χ2n) is 6.05. The third-order valence-corrected chi connectivity index (χ3v) is 4.40. The summed E-state index contributed by atoms with van der Waals surface area (Å²) in [5.74, 6) is 0.704. The van der Waals surface area contributed by atoms with Gasteiger partial charge in [0.15, 0.2) is 0 Å². The average molecular weight is 253 g/mol. The van der Waals surface area contributed by atoms with Crippen LogP contribution < -0.4 is 0 Å². The smallest absolute Gasteiger partial charge is 0.225 e. The Hall–Kier alpha value is -0.610. The standard InChI is InChI=1S/C14H27N3O/c1-15-8-6-13(7-9-15)16(2)10-11-17(3)14(18)12-4-5-12/h12-13H,4-11H2,1-3H3. The number of carbonyl (C=O) groups is 1. The molecule has 0 bridgehead atoms. The van der Waals surface area contributed by atoms with Crippen molar-refractivity contribution in [1.82, 2.24) is 14.7 Å². The fraction of sp³-hybridized carbons (Fsp3) is 0.929. The van der Waals surface area contributed by atoms with Crippen molar-refractivity contribution in [2.45, 2.75) is 31.7 Å². The fourth-order valence-corrected chi connectivity index (χ4v) is 2.68. The Balaban J connectivity index is 1.67. The molecular formula is C14H27N3O. The van der Waals surface area contributed by atoms with E-state index in [1.165, 1.54) is 25.9 Å². The number of nitrogens with zero attached hydrogens (tertiary/aromatic N) is 3. The Kier molecular flexibility index (Phi) is 4.62. The molecule has 0 aromatic rings. The zero-order chi connectivity index (χ0) is 13.1. The van der Waals surface area contributed by atoms with Crippen molar-refractivity contribution in [3.63, 3.8) is 0 Å². The predicted octanol–water partition coefficient (Wildman–Crippen LogP) is 0.881. The minimum Gasteiger partial charge on any atom is -0.344 e. The molecule has 1 saturated heterocycles. The summed E-state index contributed by atoms with van der Waals surface area (Å²) in [5.41, 5.74) is 0. The van der Waals surface area contributed by atoms with E-state index in [2.05, 4.69) is 23.9 Å². The van der Waals surface area contributed by atoms with E-state index < -0.39 is 0 Å². The van der Waals surface area contributed by atoms with Crippen molar-refractivity contribution in [1.29, 1.82) is 0 Å². The molecule has 4 heteroatoms. The Morgan fingerprint density at radius 2 is 1.72 bits per heavy atom. The maximum Gasteiger partial charge on any atom is 0.225 e. The van der Waals surface area contributed by atoms with Gasteiger partial charge in [-0.3, -0.25) is 4.79 Å². The summed E-state index contributed by atoms with van der Waals surface area (Å²) in [6, 6.07) is 0.700. The Labute approximate surface area is 111 Å². The highest BCUT2D eigenvalue weighted by atomic mass is 16.2. The first-order valence-corrected chi connectivity index (χ1v) is 7.21. The van der Waals surface area contributed by atoms with E-state index in [-0.39, 0.29) is 0 Å². The molecule has 2 rings (SSSR count). The van der Waals surface area contributed by atoms with Gasteiger partial charge in [0.2, 0.25) is 5.91 Å². The molecule has 1 aliphatic heterocycles. The van der Waals surface area contributed by atoms with E-state index in [0.717, 1.165) is 25.9 Å². The predicted molar refractivity (Wildman–Crippen MR) is 73.5 cm³/mol. The van der Waals surface area contributed by atoms with Crippen LogP contribution in [0.15, 0.2) is 0 Å². The SMILES string of the molecule is CN1CCC(N(C)CCN(C)C(=O)C2CC2)CC1. The van der Waals surface area contributed by atoms with Crippen molar-refractivity contribution >= 4 is 5.91 Å². The Bertz CT molecular complexity index is 283. The van der Waals surface area contributed by atoms with E-state index >= 15 is 0 Å². The van der Waals surface area contributed by atoms with Crippen LogP contribution in [-0.4, -0.2) is 74.0 Å². The van der Waals surface area contributed by atoms with Crippen LogP contribution in [0, 0.1) is 5.92 Å². The summed E-state index contributed by atoms with van der Waals surface area (Å²) in [6.07, 6.45) is 4.72. The molecule has 0 N–H and O–H groups in total. The summed E-state index contributed by atoms with van der Waals surface area (Å²) < 4.78 is 0. The second kappa shape index (κ2) is 6.02. The third kappa shape index (κ3) is 3.69. The highest BCUT2D eigenvalue weighted by molar-refractivity contribution is 5.80. The lowest BCUT2D eigenvalue weighted by molar-refractivity contribution is -0.131. The van der Waals surface area contributed by atoms with Crippen LogP contribution in [0.1, 0.15) is 25.7 Å². The first kappa shape index (κ1) is 13.8. The van der Waals surface area contributed by atoms with Gasteiger partial charge in [0.1, 0.15) is 0 Å². The van der Waals surface area contributed by atoms with Gasteiger partial charge in [-0.05, 0) is 52.9 Å². The molecule has 2 aliphatic rings. The van der Waals surface area contributed by atoms with E-state index in [1.807, 2.05) is 11.9 Å². The van der Waals surface area contributed by atoms with Crippen molar-refractivity contribution < 1.29 is 4.79 Å². The second-order valence-corrected chi connectivity index (χ2v) is 6.05. The lowest BCUT2D eigenvalue weighted by Crippen LogP contribution is -2.44. The topological polar surface area (TPSA) is 26.8 Å². The van der Waals surface area contributed by atoms with Crippen molar-refractivity contribution in [3.8, 4) is 0 Å². The zero-order valence-corrected chi connectivity index (χ0v) is 12.1. The van der Waals surface area contributed by atoms with Crippen LogP contribution >= 0.6 is 0 Å². The molecule has 1 saturated carbocycles. The average Bonchev–Trinajstić information content (AvgIpc) is 3.19. The number of amides is 1. The molecule has 0 radical (unpaired) electrons. The normalized spacial score (nSPS) is 22.4. The molecule has 1 aliphatic carbocycles. The van der Waals surface area contributed by atoms with Gasteiger partial charge < -0.3 is 14.7 Å². The van der Waals surface area contributed by atoms with Crippen LogP contribution in [-0.2, 0) is 4.79 Å². The van der Waals surface area contributed by atoms with Crippen LogP contribution in [0.3, 0.4) is 0 Å². The molecule has 1 amide bonds. The highest BCUT2D eigenvalue weighted by Crippen LogP contribution is 2.30. The van der Waals surface area contributed by atoms with E-state index in [1.54, 1.807) is 0 Å². The van der Waals surface area contributed by atoms with Gasteiger partial charge in [0.05, 0.1) is 0 Å². The summed E-state index contributed by atoms with van der Waals surface area (Å²) in [5, 5.41) is 0. The highest BCUT2D eigenvalue weighted by Gasteiger charge is 2.32. The third-order valence-electron chi connectivity index (χ3n) is 4.40. The van der Waals surface area contributed by atoms with Crippen molar-refractivity contribution in [2.24, 2.45) is 5.92 Å². The quantitative estimate of drug-likeness (QED) is 0.728. The molecule has 0 spiro atoms. The van der Waals surface area contributed by atoms with Gasteiger partial charge in [-0.25, -0.2) is 0 Å². The first-order valence-electron chi connectivity index (χ1n) is 7.21.